The third-order valence-corrected chi connectivity index (χ3v) is 3.33. The molecular weight excluding hydrogens is 264 g/mol. The van der Waals surface area contributed by atoms with Crippen LogP contribution in [-0.4, -0.2) is 20.6 Å². The average molecular weight is 286 g/mol. The topological polar surface area (TPSA) is 59.8 Å². The molecule has 0 aliphatic carbocycles. The summed E-state index contributed by atoms with van der Waals surface area (Å²) in [7, 11) is 0. The van der Waals surface area contributed by atoms with Crippen LogP contribution in [0.25, 0.3) is 5.69 Å². The molecule has 2 rings (SSSR count). The van der Waals surface area contributed by atoms with Crippen LogP contribution in [0.4, 0.5) is 5.95 Å². The molecule has 0 bridgehead atoms. The van der Waals surface area contributed by atoms with Gasteiger partial charge in [0.15, 0.2) is 0 Å². The molecule has 0 unspecified atom stereocenters. The Morgan fingerprint density at radius 1 is 1.19 bits per heavy atom. The number of aromatic nitrogens is 3. The highest BCUT2D eigenvalue weighted by atomic mass is 16.1. The van der Waals surface area contributed by atoms with Crippen molar-refractivity contribution in [2.45, 2.75) is 46.6 Å². The molecule has 0 saturated carbocycles. The van der Waals surface area contributed by atoms with Crippen molar-refractivity contribution in [2.75, 3.05) is 5.32 Å². The fourth-order valence-electron chi connectivity index (χ4n) is 2.34. The Balaban J connectivity index is 2.55. The van der Waals surface area contributed by atoms with E-state index < -0.39 is 0 Å². The summed E-state index contributed by atoms with van der Waals surface area (Å²) >= 11 is 0. The molecular formula is C16H22N4O. The normalized spacial score (nSPS) is 10.9. The summed E-state index contributed by atoms with van der Waals surface area (Å²) in [6.45, 7) is 8.13. The molecule has 0 amide bonds. The lowest BCUT2D eigenvalue weighted by Gasteiger charge is -2.15. The highest BCUT2D eigenvalue weighted by molar-refractivity contribution is 5.48. The van der Waals surface area contributed by atoms with E-state index in [4.69, 9.17) is 0 Å². The van der Waals surface area contributed by atoms with E-state index in [9.17, 15) is 4.79 Å². The molecule has 112 valence electrons. The van der Waals surface area contributed by atoms with Crippen LogP contribution < -0.4 is 11.0 Å². The van der Waals surface area contributed by atoms with Crippen LogP contribution in [0.3, 0.4) is 0 Å². The molecule has 0 fully saturated rings. The molecule has 5 nitrogen and oxygen atoms in total. The first-order valence-electron chi connectivity index (χ1n) is 7.40. The third kappa shape index (κ3) is 3.29. The molecule has 0 aliphatic rings. The van der Waals surface area contributed by atoms with Gasteiger partial charge in [-0.25, -0.2) is 9.78 Å². The van der Waals surface area contributed by atoms with Crippen molar-refractivity contribution in [1.29, 1.82) is 0 Å². The second-order valence-electron chi connectivity index (χ2n) is 5.26. The zero-order chi connectivity index (χ0) is 15.4. The molecule has 0 saturated heterocycles. The van der Waals surface area contributed by atoms with E-state index in [0.717, 1.165) is 29.7 Å². The fourth-order valence-corrected chi connectivity index (χ4v) is 2.34. The first kappa shape index (κ1) is 15.2. The SMILES string of the molecule is CCc1cccc(CC)c1-n1cnc(NC(C)C)nc1=O. The van der Waals surface area contributed by atoms with Crippen LogP contribution in [0.15, 0.2) is 29.3 Å². The van der Waals surface area contributed by atoms with Gasteiger partial charge in [0.2, 0.25) is 5.95 Å². The summed E-state index contributed by atoms with van der Waals surface area (Å²) in [5.74, 6) is 0.373. The smallest absolute Gasteiger partial charge is 0.352 e. The largest absolute Gasteiger partial charge is 0.356 e. The van der Waals surface area contributed by atoms with Gasteiger partial charge < -0.3 is 5.32 Å². The van der Waals surface area contributed by atoms with Gasteiger partial charge in [-0.2, -0.15) is 4.98 Å². The lowest BCUT2D eigenvalue weighted by Crippen LogP contribution is -2.26. The van der Waals surface area contributed by atoms with Gasteiger partial charge in [-0.3, -0.25) is 4.57 Å². The van der Waals surface area contributed by atoms with Crippen molar-refractivity contribution in [3.05, 3.63) is 46.1 Å². The van der Waals surface area contributed by atoms with Crippen molar-refractivity contribution < 1.29 is 0 Å². The second kappa shape index (κ2) is 6.52. The van der Waals surface area contributed by atoms with Gasteiger partial charge in [-0.1, -0.05) is 32.0 Å². The Labute approximate surface area is 125 Å². The Kier molecular flexibility index (Phi) is 4.73. The minimum Gasteiger partial charge on any atom is -0.352 e. The highest BCUT2D eigenvalue weighted by Gasteiger charge is 2.11. The van der Waals surface area contributed by atoms with E-state index in [0.29, 0.717) is 5.95 Å². The van der Waals surface area contributed by atoms with Gasteiger partial charge in [0.1, 0.15) is 6.33 Å². The molecule has 0 aliphatic heterocycles. The van der Waals surface area contributed by atoms with E-state index in [1.54, 1.807) is 10.9 Å². The van der Waals surface area contributed by atoms with Crippen LogP contribution in [0.1, 0.15) is 38.8 Å². The summed E-state index contributed by atoms with van der Waals surface area (Å²) in [5, 5.41) is 3.05. The number of benzene rings is 1. The number of nitrogens with one attached hydrogen (secondary N) is 1. The first-order valence-corrected chi connectivity index (χ1v) is 7.40. The van der Waals surface area contributed by atoms with Gasteiger partial charge in [-0.15, -0.1) is 0 Å². The summed E-state index contributed by atoms with van der Waals surface area (Å²) in [6.07, 6.45) is 3.29. The van der Waals surface area contributed by atoms with E-state index in [2.05, 4.69) is 29.1 Å². The quantitative estimate of drug-likeness (QED) is 0.917. The monoisotopic (exact) mass is 286 g/mol. The molecule has 0 radical (unpaired) electrons. The molecule has 1 aromatic heterocycles. The van der Waals surface area contributed by atoms with Crippen LogP contribution in [0.2, 0.25) is 0 Å². The van der Waals surface area contributed by atoms with Gasteiger partial charge >= 0.3 is 5.69 Å². The van der Waals surface area contributed by atoms with Crippen molar-refractivity contribution in [3.63, 3.8) is 0 Å². The van der Waals surface area contributed by atoms with E-state index >= 15 is 0 Å². The first-order chi connectivity index (χ1) is 10.1. The fraction of sp³-hybridized carbons (Fsp3) is 0.438. The molecule has 1 heterocycles. The van der Waals surface area contributed by atoms with E-state index in [1.165, 1.54) is 0 Å². The predicted octanol–water partition coefficient (Wildman–Crippen LogP) is 2.57. The Morgan fingerprint density at radius 2 is 1.81 bits per heavy atom. The minimum atomic E-state index is -0.302. The summed E-state index contributed by atoms with van der Waals surface area (Å²) in [6, 6.07) is 6.30. The maximum atomic E-state index is 12.3. The summed E-state index contributed by atoms with van der Waals surface area (Å²) < 4.78 is 1.54. The van der Waals surface area contributed by atoms with Crippen molar-refractivity contribution in [2.24, 2.45) is 0 Å². The minimum absolute atomic E-state index is 0.189. The highest BCUT2D eigenvalue weighted by Crippen LogP contribution is 2.19. The number of anilines is 1. The Morgan fingerprint density at radius 3 is 2.29 bits per heavy atom. The number of hydrogen-bond donors (Lipinski definition) is 1. The van der Waals surface area contributed by atoms with Gasteiger partial charge in [0, 0.05) is 6.04 Å². The van der Waals surface area contributed by atoms with E-state index in [1.807, 2.05) is 32.0 Å². The zero-order valence-corrected chi connectivity index (χ0v) is 13.1. The standard InChI is InChI=1S/C16H22N4O/c1-5-12-8-7-9-13(6-2)14(12)20-10-17-15(18-11(3)4)19-16(20)21/h7-11H,5-6H2,1-4H3,(H,18,19,21). The van der Waals surface area contributed by atoms with Crippen molar-refractivity contribution in [1.82, 2.24) is 14.5 Å². The Hall–Kier alpha value is -2.17. The van der Waals surface area contributed by atoms with Gasteiger partial charge in [-0.05, 0) is 37.8 Å². The lowest BCUT2D eigenvalue weighted by atomic mass is 10.0. The lowest BCUT2D eigenvalue weighted by molar-refractivity contribution is 0.808. The Bertz CT molecular complexity index is 654. The predicted molar refractivity (Wildman–Crippen MR) is 85.1 cm³/mol. The zero-order valence-electron chi connectivity index (χ0n) is 13.1. The molecule has 0 spiro atoms. The van der Waals surface area contributed by atoms with Gasteiger partial charge in [0.05, 0.1) is 5.69 Å². The summed E-state index contributed by atoms with van der Waals surface area (Å²) in [5.41, 5.74) is 2.88. The van der Waals surface area contributed by atoms with Crippen LogP contribution in [0, 0.1) is 0 Å². The van der Waals surface area contributed by atoms with Crippen LogP contribution in [0.5, 0.6) is 0 Å². The molecule has 1 aromatic carbocycles. The van der Waals surface area contributed by atoms with Gasteiger partial charge in [0.25, 0.3) is 0 Å². The number of nitrogens with zero attached hydrogens (tertiary/aromatic N) is 3. The number of hydrogen-bond acceptors (Lipinski definition) is 4. The van der Waals surface area contributed by atoms with Crippen molar-refractivity contribution in [3.8, 4) is 5.69 Å². The maximum Gasteiger partial charge on any atom is 0.356 e. The molecule has 1 N–H and O–H groups in total. The third-order valence-electron chi connectivity index (χ3n) is 3.33. The van der Waals surface area contributed by atoms with Crippen LogP contribution >= 0.6 is 0 Å². The van der Waals surface area contributed by atoms with Crippen molar-refractivity contribution >= 4 is 5.95 Å². The van der Waals surface area contributed by atoms with E-state index in [-0.39, 0.29) is 11.7 Å². The summed E-state index contributed by atoms with van der Waals surface area (Å²) in [4.78, 5) is 20.6. The second-order valence-corrected chi connectivity index (χ2v) is 5.26. The number of rotatable bonds is 5. The number of para-hydroxylation sites is 1. The maximum absolute atomic E-state index is 12.3. The molecule has 5 heteroatoms. The average Bonchev–Trinajstić information content (AvgIpc) is 2.46. The molecule has 2 aromatic rings. The van der Waals surface area contributed by atoms with Crippen LogP contribution in [-0.2, 0) is 12.8 Å². The molecule has 21 heavy (non-hydrogen) atoms. The molecule has 0 atom stereocenters. The number of aryl methyl sites for hydroxylation is 2.